The van der Waals surface area contributed by atoms with Crippen LogP contribution >= 0.6 is 23.2 Å². The molecule has 0 aliphatic heterocycles. The quantitative estimate of drug-likeness (QED) is 0.515. The minimum Gasteiger partial charge on any atom is -0.461 e. The van der Waals surface area contributed by atoms with Crippen LogP contribution in [-0.2, 0) is 21.4 Å². The van der Waals surface area contributed by atoms with E-state index in [9.17, 15) is 22.4 Å². The topological polar surface area (TPSA) is 72.3 Å². The average Bonchev–Trinajstić information content (AvgIpc) is 2.61. The minimum absolute atomic E-state index is 0.126. The first-order chi connectivity index (χ1) is 13.4. The number of hydrogen-bond donors (Lipinski definition) is 1. The molecule has 2 rings (SSSR count). The van der Waals surface area contributed by atoms with Gasteiger partial charge in [-0.2, -0.15) is 17.6 Å². The summed E-state index contributed by atoms with van der Waals surface area (Å²) in [4.78, 5) is 18.0. The molecule has 0 bridgehead atoms. The molecular weight excluding hydrogens is 439 g/mol. The van der Waals surface area contributed by atoms with Crippen molar-refractivity contribution in [1.29, 1.82) is 0 Å². The minimum atomic E-state index is -3.82. The van der Waals surface area contributed by atoms with Gasteiger partial charge in [0.1, 0.15) is 18.0 Å². The molecule has 2 heterocycles. The summed E-state index contributed by atoms with van der Waals surface area (Å²) in [5.41, 5.74) is -0.0311. The Hall–Kier alpha value is -1.97. The van der Waals surface area contributed by atoms with Crippen LogP contribution in [0.3, 0.4) is 0 Å². The van der Waals surface area contributed by atoms with Gasteiger partial charge in [0.25, 0.3) is 0 Å². The molecule has 0 unspecified atom stereocenters. The fraction of sp³-hybridized carbons (Fsp3) is 0.389. The zero-order chi connectivity index (χ0) is 22.4. The number of esters is 1. The highest BCUT2D eigenvalue weighted by Gasteiger charge is 2.46. The van der Waals surface area contributed by atoms with Gasteiger partial charge >= 0.3 is 17.8 Å². The molecule has 2 aromatic rings. The van der Waals surface area contributed by atoms with Gasteiger partial charge in [-0.1, -0.05) is 23.2 Å². The van der Waals surface area contributed by atoms with Crippen molar-refractivity contribution in [2.45, 2.75) is 32.6 Å². The Morgan fingerprint density at radius 2 is 1.48 bits per heavy atom. The summed E-state index contributed by atoms with van der Waals surface area (Å²) >= 11 is 11.1. The number of alkyl halides is 4. The molecule has 0 aliphatic rings. The second-order valence-corrected chi connectivity index (χ2v) is 6.66. The Labute approximate surface area is 174 Å². The molecule has 0 saturated heterocycles. The first-order valence-corrected chi connectivity index (χ1v) is 8.91. The zero-order valence-electron chi connectivity index (χ0n) is 15.6. The van der Waals surface area contributed by atoms with Crippen molar-refractivity contribution >= 4 is 29.2 Å². The van der Waals surface area contributed by atoms with Crippen LogP contribution in [0.2, 0.25) is 10.0 Å². The van der Waals surface area contributed by atoms with Crippen molar-refractivity contribution in [2.75, 3.05) is 13.2 Å². The summed E-state index contributed by atoms with van der Waals surface area (Å²) in [6.45, 7) is 3.38. The summed E-state index contributed by atoms with van der Waals surface area (Å²) in [6.07, 6.45) is 2.50. The first-order valence-electron chi connectivity index (χ1n) is 8.15. The zero-order valence-corrected chi connectivity index (χ0v) is 17.2. The van der Waals surface area contributed by atoms with Gasteiger partial charge in [-0.15, -0.1) is 0 Å². The van der Waals surface area contributed by atoms with E-state index in [-0.39, 0.29) is 16.7 Å². The molecule has 5 nitrogen and oxygen atoms in total. The van der Waals surface area contributed by atoms with E-state index in [1.54, 1.807) is 13.8 Å². The molecule has 29 heavy (non-hydrogen) atoms. The Bertz CT molecular complexity index is 867. The predicted octanol–water partition coefficient (Wildman–Crippen LogP) is 4.83. The number of carbonyl (C=O) groups is 1. The highest BCUT2D eigenvalue weighted by Crippen LogP contribution is 2.33. The maximum atomic E-state index is 13.5. The Morgan fingerprint density at radius 1 is 1.03 bits per heavy atom. The lowest BCUT2D eigenvalue weighted by atomic mass is 10.2. The number of rotatable bonds is 5. The number of aryl methyl sites for hydroxylation is 2. The standard InChI is InChI=1S/C10H10ClF2NO2.C8H8ClF2NO/c1-3-16-9(15)10(12,13)8-7(11)4-6(2)5-14-8;1-5-2-6(9)7(12-3-5)8(10,11)4-13/h4-5H,3H2,1-2H3;2-3,13H,4H2,1H3. The van der Waals surface area contributed by atoms with Gasteiger partial charge in [-0.3, -0.25) is 9.97 Å². The maximum absolute atomic E-state index is 13.5. The number of ether oxygens (including phenoxy) is 1. The number of aliphatic hydroxyl groups excluding tert-OH is 1. The van der Waals surface area contributed by atoms with Crippen LogP contribution in [0, 0.1) is 13.8 Å². The number of pyridine rings is 2. The third-order valence-corrected chi connectivity index (χ3v) is 3.91. The second kappa shape index (κ2) is 10.2. The average molecular weight is 457 g/mol. The van der Waals surface area contributed by atoms with Crippen molar-refractivity contribution in [1.82, 2.24) is 9.97 Å². The van der Waals surface area contributed by atoms with Crippen LogP contribution in [0.5, 0.6) is 0 Å². The van der Waals surface area contributed by atoms with E-state index in [1.807, 2.05) is 0 Å². The summed E-state index contributed by atoms with van der Waals surface area (Å²) < 4.78 is 57.0. The fourth-order valence-corrected chi connectivity index (χ4v) is 2.66. The van der Waals surface area contributed by atoms with Crippen molar-refractivity contribution in [3.8, 4) is 0 Å². The molecule has 0 spiro atoms. The summed E-state index contributed by atoms with van der Waals surface area (Å²) in [5, 5.41) is 8.01. The summed E-state index contributed by atoms with van der Waals surface area (Å²) in [5.74, 6) is -8.83. The summed E-state index contributed by atoms with van der Waals surface area (Å²) in [7, 11) is 0. The number of nitrogens with zero attached hydrogens (tertiary/aromatic N) is 2. The Morgan fingerprint density at radius 3 is 1.86 bits per heavy atom. The lowest BCUT2D eigenvalue weighted by Crippen LogP contribution is -2.29. The van der Waals surface area contributed by atoms with E-state index < -0.39 is 35.8 Å². The molecule has 0 aliphatic carbocycles. The molecule has 2 aromatic heterocycles. The maximum Gasteiger partial charge on any atom is 0.385 e. The number of halogens is 6. The number of aromatic nitrogens is 2. The van der Waals surface area contributed by atoms with Crippen molar-refractivity contribution in [3.63, 3.8) is 0 Å². The Balaban J connectivity index is 0.000000296. The summed E-state index contributed by atoms with van der Waals surface area (Å²) in [6, 6.07) is 2.70. The van der Waals surface area contributed by atoms with Gasteiger partial charge in [-0.05, 0) is 44.0 Å². The molecule has 1 N–H and O–H groups in total. The van der Waals surface area contributed by atoms with E-state index in [4.69, 9.17) is 28.3 Å². The molecule has 0 saturated carbocycles. The molecule has 0 amide bonds. The molecule has 0 atom stereocenters. The van der Waals surface area contributed by atoms with Gasteiger partial charge in [0.05, 0.1) is 16.7 Å². The highest BCUT2D eigenvalue weighted by molar-refractivity contribution is 6.31. The second-order valence-electron chi connectivity index (χ2n) is 5.84. The van der Waals surface area contributed by atoms with E-state index in [0.29, 0.717) is 11.1 Å². The SMILES string of the molecule is CCOC(=O)C(F)(F)c1ncc(C)cc1Cl.Cc1cnc(C(F)(F)CO)c(Cl)c1. The fourth-order valence-electron chi connectivity index (χ4n) is 1.96. The normalized spacial score (nSPS) is 11.5. The molecule has 0 radical (unpaired) electrons. The third kappa shape index (κ3) is 6.52. The van der Waals surface area contributed by atoms with Gasteiger partial charge in [0, 0.05) is 12.4 Å². The smallest absolute Gasteiger partial charge is 0.385 e. The molecule has 0 fully saturated rings. The van der Waals surface area contributed by atoms with E-state index >= 15 is 0 Å². The largest absolute Gasteiger partial charge is 0.461 e. The van der Waals surface area contributed by atoms with Crippen LogP contribution in [0.1, 0.15) is 29.4 Å². The van der Waals surface area contributed by atoms with Gasteiger partial charge in [0.15, 0.2) is 0 Å². The van der Waals surface area contributed by atoms with Gasteiger partial charge in [-0.25, -0.2) is 4.79 Å². The lowest BCUT2D eigenvalue weighted by molar-refractivity contribution is -0.173. The Kier molecular flexibility index (Phi) is 8.80. The van der Waals surface area contributed by atoms with Crippen LogP contribution in [-0.4, -0.2) is 34.3 Å². The van der Waals surface area contributed by atoms with E-state index in [1.165, 1.54) is 31.5 Å². The van der Waals surface area contributed by atoms with Crippen LogP contribution < -0.4 is 0 Å². The van der Waals surface area contributed by atoms with Crippen molar-refractivity contribution in [2.24, 2.45) is 0 Å². The van der Waals surface area contributed by atoms with Crippen molar-refractivity contribution in [3.05, 3.63) is 57.1 Å². The molecule has 0 aromatic carbocycles. The lowest BCUT2D eigenvalue weighted by Gasteiger charge is -2.15. The number of carbonyl (C=O) groups excluding carboxylic acids is 1. The number of aliphatic hydroxyl groups is 1. The molecular formula is C18H18Cl2F4N2O3. The number of hydrogen-bond acceptors (Lipinski definition) is 5. The van der Waals surface area contributed by atoms with E-state index in [0.717, 1.165) is 0 Å². The first kappa shape index (κ1) is 25.1. The molecule has 160 valence electrons. The highest BCUT2D eigenvalue weighted by atomic mass is 35.5. The van der Waals surface area contributed by atoms with E-state index in [2.05, 4.69) is 14.7 Å². The predicted molar refractivity (Wildman–Crippen MR) is 99.5 cm³/mol. The third-order valence-electron chi connectivity index (χ3n) is 3.33. The van der Waals surface area contributed by atoms with Gasteiger partial charge < -0.3 is 9.84 Å². The van der Waals surface area contributed by atoms with Crippen molar-refractivity contribution < 1.29 is 32.2 Å². The van der Waals surface area contributed by atoms with Crippen LogP contribution in [0.25, 0.3) is 0 Å². The van der Waals surface area contributed by atoms with Gasteiger partial charge in [0.2, 0.25) is 0 Å². The monoisotopic (exact) mass is 456 g/mol. The van der Waals surface area contributed by atoms with Crippen LogP contribution in [0.4, 0.5) is 17.6 Å². The molecule has 11 heteroatoms. The van der Waals surface area contributed by atoms with Crippen LogP contribution in [0.15, 0.2) is 24.5 Å².